The highest BCUT2D eigenvalue weighted by molar-refractivity contribution is 7.84. The quantitative estimate of drug-likeness (QED) is 0.813. The standard InChI is InChI=1S/C15H28N2O2S/c1-4-11(2)13-15(18)17(9-10-20(3)19)14(16-13)12-7-5-6-8-12/h11-14,16H,4-10H2,1-3H3. The molecule has 1 saturated carbocycles. The van der Waals surface area contributed by atoms with Crippen LogP contribution in [0.2, 0.25) is 0 Å². The van der Waals surface area contributed by atoms with Gasteiger partial charge in [-0.05, 0) is 24.7 Å². The highest BCUT2D eigenvalue weighted by Crippen LogP contribution is 2.33. The smallest absolute Gasteiger partial charge is 0.241 e. The summed E-state index contributed by atoms with van der Waals surface area (Å²) in [5, 5.41) is 3.58. The molecule has 2 aliphatic rings. The van der Waals surface area contributed by atoms with E-state index in [-0.39, 0.29) is 18.1 Å². The molecular weight excluding hydrogens is 272 g/mol. The number of nitrogens with zero attached hydrogens (tertiary/aromatic N) is 1. The maximum absolute atomic E-state index is 12.6. The summed E-state index contributed by atoms with van der Waals surface area (Å²) in [6.45, 7) is 4.90. The average Bonchev–Trinajstić information content (AvgIpc) is 3.03. The van der Waals surface area contributed by atoms with Crippen molar-refractivity contribution in [3.63, 3.8) is 0 Å². The molecule has 0 spiro atoms. The van der Waals surface area contributed by atoms with Gasteiger partial charge < -0.3 is 4.90 Å². The van der Waals surface area contributed by atoms with Crippen LogP contribution in [0.5, 0.6) is 0 Å². The Balaban J connectivity index is 2.09. The Kier molecular flexibility index (Phi) is 5.61. The predicted molar refractivity (Wildman–Crippen MR) is 82.8 cm³/mol. The topological polar surface area (TPSA) is 49.4 Å². The van der Waals surface area contributed by atoms with Crippen LogP contribution in [0, 0.1) is 11.8 Å². The van der Waals surface area contributed by atoms with Crippen LogP contribution in [-0.4, -0.2) is 45.8 Å². The molecule has 0 radical (unpaired) electrons. The van der Waals surface area contributed by atoms with Gasteiger partial charge in [0.2, 0.25) is 5.91 Å². The number of amides is 1. The summed E-state index contributed by atoms with van der Waals surface area (Å²) in [6.07, 6.45) is 7.87. The van der Waals surface area contributed by atoms with E-state index in [1.807, 2.05) is 4.90 Å². The van der Waals surface area contributed by atoms with Crippen molar-refractivity contribution in [2.75, 3.05) is 18.6 Å². The van der Waals surface area contributed by atoms with Gasteiger partial charge in [0.1, 0.15) is 0 Å². The van der Waals surface area contributed by atoms with E-state index in [2.05, 4.69) is 19.2 Å². The number of nitrogens with one attached hydrogen (secondary N) is 1. The summed E-state index contributed by atoms with van der Waals surface area (Å²) in [4.78, 5) is 14.6. The fourth-order valence-electron chi connectivity index (χ4n) is 3.44. The molecule has 2 fully saturated rings. The zero-order chi connectivity index (χ0) is 14.7. The van der Waals surface area contributed by atoms with E-state index in [1.165, 1.54) is 25.7 Å². The fourth-order valence-corrected chi connectivity index (χ4v) is 3.90. The van der Waals surface area contributed by atoms with Crippen LogP contribution in [0.25, 0.3) is 0 Å². The minimum Gasteiger partial charge on any atom is -0.325 e. The molecule has 20 heavy (non-hydrogen) atoms. The van der Waals surface area contributed by atoms with E-state index in [4.69, 9.17) is 0 Å². The van der Waals surface area contributed by atoms with Gasteiger partial charge in [0.25, 0.3) is 0 Å². The first kappa shape index (κ1) is 16.0. The molecule has 1 N–H and O–H groups in total. The Labute approximate surface area is 125 Å². The lowest BCUT2D eigenvalue weighted by atomic mass is 9.99. The van der Waals surface area contributed by atoms with Crippen LogP contribution in [0.3, 0.4) is 0 Å². The third kappa shape index (κ3) is 3.42. The Morgan fingerprint density at radius 2 is 2.05 bits per heavy atom. The third-order valence-electron chi connectivity index (χ3n) is 4.91. The molecular formula is C15H28N2O2S. The molecule has 4 unspecified atom stereocenters. The molecule has 1 amide bonds. The molecule has 0 aromatic carbocycles. The highest BCUT2D eigenvalue weighted by atomic mass is 32.2. The van der Waals surface area contributed by atoms with E-state index in [1.54, 1.807) is 6.26 Å². The van der Waals surface area contributed by atoms with Crippen molar-refractivity contribution in [2.45, 2.75) is 58.2 Å². The number of hydrogen-bond donors (Lipinski definition) is 1. The lowest BCUT2D eigenvalue weighted by Crippen LogP contribution is -2.44. The van der Waals surface area contributed by atoms with Gasteiger partial charge in [-0.1, -0.05) is 33.1 Å². The summed E-state index contributed by atoms with van der Waals surface area (Å²) in [5.74, 6) is 1.76. The van der Waals surface area contributed by atoms with E-state index in [0.717, 1.165) is 6.42 Å². The summed E-state index contributed by atoms with van der Waals surface area (Å²) < 4.78 is 11.4. The molecule has 0 aromatic heterocycles. The summed E-state index contributed by atoms with van der Waals surface area (Å²) in [7, 11) is -0.838. The van der Waals surface area contributed by atoms with Crippen LogP contribution in [0.4, 0.5) is 0 Å². The van der Waals surface area contributed by atoms with Crippen molar-refractivity contribution >= 4 is 16.7 Å². The van der Waals surface area contributed by atoms with Gasteiger partial charge in [-0.15, -0.1) is 0 Å². The molecule has 0 bridgehead atoms. The van der Waals surface area contributed by atoms with Crippen molar-refractivity contribution < 1.29 is 9.00 Å². The van der Waals surface area contributed by atoms with Gasteiger partial charge in [-0.2, -0.15) is 0 Å². The summed E-state index contributed by atoms with van der Waals surface area (Å²) in [5.41, 5.74) is 0. The zero-order valence-corrected chi connectivity index (χ0v) is 13.7. The first-order chi connectivity index (χ1) is 9.54. The van der Waals surface area contributed by atoms with Crippen LogP contribution in [0.1, 0.15) is 46.0 Å². The van der Waals surface area contributed by atoms with Gasteiger partial charge in [0.15, 0.2) is 0 Å². The van der Waals surface area contributed by atoms with E-state index >= 15 is 0 Å². The van der Waals surface area contributed by atoms with Crippen LogP contribution < -0.4 is 5.32 Å². The number of hydrogen-bond acceptors (Lipinski definition) is 3. The monoisotopic (exact) mass is 300 g/mol. The molecule has 4 nitrogen and oxygen atoms in total. The molecule has 1 aliphatic heterocycles. The van der Waals surface area contributed by atoms with E-state index in [0.29, 0.717) is 24.1 Å². The molecule has 1 aliphatic carbocycles. The third-order valence-corrected chi connectivity index (χ3v) is 5.67. The average molecular weight is 300 g/mol. The first-order valence-electron chi connectivity index (χ1n) is 7.91. The molecule has 5 heteroatoms. The Morgan fingerprint density at radius 1 is 1.40 bits per heavy atom. The lowest BCUT2D eigenvalue weighted by Gasteiger charge is -2.28. The second kappa shape index (κ2) is 7.03. The van der Waals surface area contributed by atoms with E-state index < -0.39 is 10.8 Å². The number of rotatable bonds is 6. The maximum Gasteiger partial charge on any atom is 0.241 e. The van der Waals surface area contributed by atoms with Crippen LogP contribution in [-0.2, 0) is 15.6 Å². The Morgan fingerprint density at radius 3 is 2.60 bits per heavy atom. The normalized spacial score (nSPS) is 30.9. The lowest BCUT2D eigenvalue weighted by molar-refractivity contribution is -0.131. The molecule has 0 aromatic rings. The van der Waals surface area contributed by atoms with Gasteiger partial charge >= 0.3 is 0 Å². The molecule has 4 atom stereocenters. The van der Waals surface area contributed by atoms with E-state index in [9.17, 15) is 9.00 Å². The second-order valence-electron chi connectivity index (χ2n) is 6.33. The van der Waals surface area contributed by atoms with Crippen molar-refractivity contribution in [2.24, 2.45) is 11.8 Å². The van der Waals surface area contributed by atoms with Crippen molar-refractivity contribution in [3.8, 4) is 0 Å². The number of carbonyl (C=O) groups is 1. The zero-order valence-electron chi connectivity index (χ0n) is 12.9. The second-order valence-corrected chi connectivity index (χ2v) is 7.88. The molecule has 1 saturated heterocycles. The van der Waals surface area contributed by atoms with Crippen molar-refractivity contribution in [3.05, 3.63) is 0 Å². The fraction of sp³-hybridized carbons (Fsp3) is 0.933. The van der Waals surface area contributed by atoms with Crippen molar-refractivity contribution in [1.29, 1.82) is 0 Å². The van der Waals surface area contributed by atoms with Crippen LogP contribution in [0.15, 0.2) is 0 Å². The van der Waals surface area contributed by atoms with Gasteiger partial charge in [0, 0.05) is 29.4 Å². The van der Waals surface area contributed by atoms with Gasteiger partial charge in [0.05, 0.1) is 12.2 Å². The SMILES string of the molecule is CCC(C)C1NC(C2CCCC2)N(CCS(C)=O)C1=O. The van der Waals surface area contributed by atoms with Gasteiger partial charge in [-0.25, -0.2) is 0 Å². The first-order valence-corrected chi connectivity index (χ1v) is 9.63. The largest absolute Gasteiger partial charge is 0.325 e. The Bertz CT molecular complexity index is 369. The maximum atomic E-state index is 12.6. The minimum atomic E-state index is -0.838. The highest BCUT2D eigenvalue weighted by Gasteiger charge is 2.44. The van der Waals surface area contributed by atoms with Crippen molar-refractivity contribution in [1.82, 2.24) is 10.2 Å². The molecule has 2 rings (SSSR count). The van der Waals surface area contributed by atoms with Crippen LogP contribution >= 0.6 is 0 Å². The number of carbonyl (C=O) groups excluding carboxylic acids is 1. The minimum absolute atomic E-state index is 0.0455. The molecule has 1 heterocycles. The summed E-state index contributed by atoms with van der Waals surface area (Å²) in [6, 6.07) is -0.0455. The summed E-state index contributed by atoms with van der Waals surface area (Å²) >= 11 is 0. The van der Waals surface area contributed by atoms with Gasteiger partial charge in [-0.3, -0.25) is 14.3 Å². The predicted octanol–water partition coefficient (Wildman–Crippen LogP) is 1.73. The Hall–Kier alpha value is -0.420. The molecule has 116 valence electrons.